The third-order valence-corrected chi connectivity index (χ3v) is 3.40. The fourth-order valence-electron chi connectivity index (χ4n) is 2.26. The van der Waals surface area contributed by atoms with Crippen molar-refractivity contribution < 1.29 is 14.4 Å². The monoisotopic (exact) mass is 267 g/mol. The van der Waals surface area contributed by atoms with Crippen molar-refractivity contribution in [2.45, 2.75) is 64.2 Å². The Kier molecular flexibility index (Phi) is 7.94. The molecule has 1 saturated heterocycles. The van der Waals surface area contributed by atoms with E-state index in [0.717, 1.165) is 31.8 Å². The lowest BCUT2D eigenvalue weighted by Gasteiger charge is -2.20. The van der Waals surface area contributed by atoms with E-state index in [9.17, 15) is 9.59 Å². The van der Waals surface area contributed by atoms with Gasteiger partial charge in [-0.2, -0.15) is 5.06 Å². The molecule has 4 nitrogen and oxygen atoms in total. The summed E-state index contributed by atoms with van der Waals surface area (Å²) in [6.07, 6.45) is 11.7. The average molecular weight is 267 g/mol. The minimum absolute atomic E-state index is 0.0885. The quantitative estimate of drug-likeness (QED) is 0.721. The maximum Gasteiger partial charge on any atom is 0.355 e. The van der Waals surface area contributed by atoms with Gasteiger partial charge in [0.05, 0.1) is 6.54 Å². The van der Waals surface area contributed by atoms with Crippen LogP contribution in [0.4, 0.5) is 0 Å². The number of hydrogen-bond acceptors (Lipinski definition) is 3. The number of carbonyl (C=O) groups is 2. The average Bonchev–Trinajstić information content (AvgIpc) is 2.43. The summed E-state index contributed by atoms with van der Waals surface area (Å²) in [5.41, 5.74) is 0. The van der Waals surface area contributed by atoms with Gasteiger partial charge in [0.2, 0.25) is 0 Å². The van der Waals surface area contributed by atoms with Crippen molar-refractivity contribution in [3.63, 3.8) is 0 Å². The molecule has 1 rings (SSSR count). The van der Waals surface area contributed by atoms with Crippen LogP contribution >= 0.6 is 0 Å². The molecule has 0 unspecified atom stereocenters. The molecule has 1 heterocycles. The van der Waals surface area contributed by atoms with Crippen LogP contribution in [0.3, 0.4) is 0 Å². The first-order valence-electron chi connectivity index (χ1n) is 7.39. The third kappa shape index (κ3) is 6.99. The standard InChI is InChI=1S/C15H25NO3/c1-2-15(18)19-16-13-11-9-7-5-3-4-6-8-10-12-14(16)17/h2H,1,3-13H2. The van der Waals surface area contributed by atoms with Crippen LogP contribution in [0.5, 0.6) is 0 Å². The van der Waals surface area contributed by atoms with E-state index in [0.29, 0.717) is 13.0 Å². The van der Waals surface area contributed by atoms with Crippen LogP contribution in [0.15, 0.2) is 12.7 Å². The summed E-state index contributed by atoms with van der Waals surface area (Å²) in [6, 6.07) is 0. The Morgan fingerprint density at radius 2 is 1.53 bits per heavy atom. The van der Waals surface area contributed by atoms with Gasteiger partial charge in [0.15, 0.2) is 0 Å². The highest BCUT2D eigenvalue weighted by atomic mass is 16.7. The highest BCUT2D eigenvalue weighted by Gasteiger charge is 2.16. The van der Waals surface area contributed by atoms with Gasteiger partial charge in [0.25, 0.3) is 5.91 Å². The second-order valence-electron chi connectivity index (χ2n) is 5.04. The van der Waals surface area contributed by atoms with Crippen LogP contribution in [-0.4, -0.2) is 23.5 Å². The molecular weight excluding hydrogens is 242 g/mol. The summed E-state index contributed by atoms with van der Waals surface area (Å²) in [5.74, 6) is -0.646. The zero-order chi connectivity index (χ0) is 13.9. The van der Waals surface area contributed by atoms with E-state index in [-0.39, 0.29) is 5.91 Å². The lowest BCUT2D eigenvalue weighted by molar-refractivity contribution is -0.194. The molecule has 0 aromatic rings. The molecule has 0 atom stereocenters. The van der Waals surface area contributed by atoms with Gasteiger partial charge in [0, 0.05) is 12.5 Å². The third-order valence-electron chi connectivity index (χ3n) is 3.40. The molecule has 19 heavy (non-hydrogen) atoms. The molecular formula is C15H25NO3. The van der Waals surface area contributed by atoms with Crippen LogP contribution < -0.4 is 0 Å². The molecule has 1 amide bonds. The Labute approximate surface area is 115 Å². The number of hydrogen-bond donors (Lipinski definition) is 0. The maximum absolute atomic E-state index is 12.0. The molecule has 0 aromatic carbocycles. The van der Waals surface area contributed by atoms with Crippen LogP contribution in [0, 0.1) is 0 Å². The minimum Gasteiger partial charge on any atom is -0.333 e. The Morgan fingerprint density at radius 1 is 1.00 bits per heavy atom. The van der Waals surface area contributed by atoms with E-state index in [1.807, 2.05) is 0 Å². The van der Waals surface area contributed by atoms with Gasteiger partial charge in [-0.25, -0.2) is 4.79 Å². The van der Waals surface area contributed by atoms with Crippen molar-refractivity contribution in [2.75, 3.05) is 6.54 Å². The molecule has 0 radical (unpaired) electrons. The van der Waals surface area contributed by atoms with Gasteiger partial charge in [-0.1, -0.05) is 51.5 Å². The summed E-state index contributed by atoms with van der Waals surface area (Å²) in [7, 11) is 0. The summed E-state index contributed by atoms with van der Waals surface area (Å²) in [6.45, 7) is 3.85. The van der Waals surface area contributed by atoms with E-state index in [4.69, 9.17) is 4.84 Å². The highest BCUT2D eigenvalue weighted by molar-refractivity contribution is 5.83. The number of carbonyl (C=O) groups excluding carboxylic acids is 2. The van der Waals surface area contributed by atoms with Gasteiger partial charge < -0.3 is 4.84 Å². The van der Waals surface area contributed by atoms with Gasteiger partial charge in [-0.3, -0.25) is 4.79 Å². The topological polar surface area (TPSA) is 46.6 Å². The van der Waals surface area contributed by atoms with Crippen molar-refractivity contribution >= 4 is 11.9 Å². The SMILES string of the molecule is C=CC(=O)ON1CCCCCCCCCCCC1=O. The van der Waals surface area contributed by atoms with E-state index in [2.05, 4.69) is 6.58 Å². The minimum atomic E-state index is -0.558. The molecule has 0 bridgehead atoms. The second kappa shape index (κ2) is 9.59. The molecule has 0 saturated carbocycles. The number of hydroxylamine groups is 2. The van der Waals surface area contributed by atoms with Gasteiger partial charge in [-0.05, 0) is 12.8 Å². The summed E-state index contributed by atoms with van der Waals surface area (Å²) >= 11 is 0. The van der Waals surface area contributed by atoms with Crippen molar-refractivity contribution in [3.05, 3.63) is 12.7 Å². The van der Waals surface area contributed by atoms with E-state index in [1.165, 1.54) is 37.2 Å². The maximum atomic E-state index is 12.0. The molecule has 0 aromatic heterocycles. The van der Waals surface area contributed by atoms with Crippen LogP contribution in [0.1, 0.15) is 64.2 Å². The van der Waals surface area contributed by atoms with E-state index < -0.39 is 5.97 Å². The molecule has 0 spiro atoms. The number of amides is 1. The second-order valence-corrected chi connectivity index (χ2v) is 5.04. The molecule has 0 aliphatic carbocycles. The molecule has 0 N–H and O–H groups in total. The van der Waals surface area contributed by atoms with E-state index in [1.54, 1.807) is 0 Å². The van der Waals surface area contributed by atoms with Crippen molar-refractivity contribution in [2.24, 2.45) is 0 Å². The summed E-state index contributed by atoms with van der Waals surface area (Å²) in [4.78, 5) is 28.2. The first kappa shape index (κ1) is 15.7. The normalized spacial score (nSPS) is 19.8. The first-order valence-corrected chi connectivity index (χ1v) is 7.39. The Hall–Kier alpha value is -1.32. The van der Waals surface area contributed by atoms with Crippen LogP contribution in [0.25, 0.3) is 0 Å². The zero-order valence-corrected chi connectivity index (χ0v) is 11.7. The molecule has 108 valence electrons. The van der Waals surface area contributed by atoms with Crippen LogP contribution in [0.2, 0.25) is 0 Å². The van der Waals surface area contributed by atoms with Gasteiger partial charge >= 0.3 is 5.97 Å². The van der Waals surface area contributed by atoms with Crippen molar-refractivity contribution in [3.8, 4) is 0 Å². The summed E-state index contributed by atoms with van der Waals surface area (Å²) in [5, 5.41) is 1.22. The summed E-state index contributed by atoms with van der Waals surface area (Å²) < 4.78 is 0. The lowest BCUT2D eigenvalue weighted by Crippen LogP contribution is -2.33. The van der Waals surface area contributed by atoms with Gasteiger partial charge in [0.1, 0.15) is 0 Å². The van der Waals surface area contributed by atoms with Crippen molar-refractivity contribution in [1.29, 1.82) is 0 Å². The predicted octanol–water partition coefficient (Wildman–Crippen LogP) is 3.37. The first-order chi connectivity index (χ1) is 9.24. The zero-order valence-electron chi connectivity index (χ0n) is 11.7. The Balaban J connectivity index is 2.49. The predicted molar refractivity (Wildman–Crippen MR) is 74.2 cm³/mol. The smallest absolute Gasteiger partial charge is 0.333 e. The van der Waals surface area contributed by atoms with Crippen LogP contribution in [-0.2, 0) is 14.4 Å². The molecule has 1 aliphatic rings. The Bertz CT molecular complexity index is 302. The Morgan fingerprint density at radius 3 is 2.11 bits per heavy atom. The molecule has 4 heteroatoms. The highest BCUT2D eigenvalue weighted by Crippen LogP contribution is 2.14. The largest absolute Gasteiger partial charge is 0.355 e. The number of nitrogens with zero attached hydrogens (tertiary/aromatic N) is 1. The number of rotatable bonds is 2. The van der Waals surface area contributed by atoms with Crippen molar-refractivity contribution in [1.82, 2.24) is 5.06 Å². The van der Waals surface area contributed by atoms with Gasteiger partial charge in [-0.15, -0.1) is 0 Å². The van der Waals surface area contributed by atoms with E-state index >= 15 is 0 Å². The molecule has 1 aliphatic heterocycles. The molecule has 1 fully saturated rings. The fraction of sp³-hybridized carbons (Fsp3) is 0.733. The fourth-order valence-corrected chi connectivity index (χ4v) is 2.26. The lowest BCUT2D eigenvalue weighted by atomic mass is 10.1.